The topological polar surface area (TPSA) is 17.8 Å². The average Bonchev–Trinajstić information content (AvgIpc) is 2.70. The Morgan fingerprint density at radius 2 is 1.75 bits per heavy atom. The number of fused-ring (bicyclic) bond motifs is 1. The molecular weight excluding hydrogens is 244 g/mol. The summed E-state index contributed by atoms with van der Waals surface area (Å²) in [5.41, 5.74) is 8.05. The van der Waals surface area contributed by atoms with Crippen molar-refractivity contribution in [1.82, 2.24) is 9.55 Å². The summed E-state index contributed by atoms with van der Waals surface area (Å²) < 4.78 is 2.42. The molecule has 2 nitrogen and oxygen atoms in total. The van der Waals surface area contributed by atoms with Crippen molar-refractivity contribution in [3.63, 3.8) is 0 Å². The van der Waals surface area contributed by atoms with Gasteiger partial charge in [-0.3, -0.25) is 4.98 Å². The third-order valence-corrected chi connectivity index (χ3v) is 4.24. The van der Waals surface area contributed by atoms with Gasteiger partial charge in [0.05, 0.1) is 5.52 Å². The summed E-state index contributed by atoms with van der Waals surface area (Å²) in [6.45, 7) is 9.71. The van der Waals surface area contributed by atoms with Gasteiger partial charge < -0.3 is 4.57 Å². The lowest BCUT2D eigenvalue weighted by atomic mass is 10.0. The largest absolute Gasteiger partial charge is 0.340 e. The standard InChI is InChI=1S/C18H20N2/c1-12-7-8-13(2)18-17(12)14(3)15(4)20(18)11-16-6-5-9-19-10-16/h5-10H,11H2,1-4H3. The lowest BCUT2D eigenvalue weighted by Crippen LogP contribution is -2.03. The Hall–Kier alpha value is -2.09. The van der Waals surface area contributed by atoms with Gasteiger partial charge in [0.2, 0.25) is 0 Å². The minimum absolute atomic E-state index is 0.883. The molecule has 0 aliphatic rings. The number of benzene rings is 1. The number of hydrogen-bond acceptors (Lipinski definition) is 1. The van der Waals surface area contributed by atoms with Crippen molar-refractivity contribution in [3.8, 4) is 0 Å². The molecule has 0 bridgehead atoms. The van der Waals surface area contributed by atoms with Crippen molar-refractivity contribution in [1.29, 1.82) is 0 Å². The van der Waals surface area contributed by atoms with Crippen LogP contribution in [0.1, 0.15) is 27.9 Å². The first kappa shape index (κ1) is 12.9. The summed E-state index contributed by atoms with van der Waals surface area (Å²) in [4.78, 5) is 4.22. The first-order valence-electron chi connectivity index (χ1n) is 7.04. The first-order chi connectivity index (χ1) is 9.59. The molecule has 0 aliphatic carbocycles. The molecule has 2 heteroatoms. The van der Waals surface area contributed by atoms with Crippen molar-refractivity contribution < 1.29 is 0 Å². The molecule has 0 aliphatic heterocycles. The van der Waals surface area contributed by atoms with Gasteiger partial charge in [-0.2, -0.15) is 0 Å². The zero-order valence-corrected chi connectivity index (χ0v) is 12.6. The molecule has 2 heterocycles. The Labute approximate surface area is 120 Å². The SMILES string of the molecule is Cc1ccc(C)c2c1c(C)c(C)n2Cc1cccnc1. The minimum Gasteiger partial charge on any atom is -0.340 e. The normalized spacial score (nSPS) is 11.2. The van der Waals surface area contributed by atoms with Crippen molar-refractivity contribution in [2.24, 2.45) is 0 Å². The van der Waals surface area contributed by atoms with Crippen molar-refractivity contribution >= 4 is 10.9 Å². The van der Waals surface area contributed by atoms with Crippen LogP contribution < -0.4 is 0 Å². The maximum atomic E-state index is 4.22. The summed E-state index contributed by atoms with van der Waals surface area (Å²) >= 11 is 0. The zero-order valence-electron chi connectivity index (χ0n) is 12.6. The van der Waals surface area contributed by atoms with E-state index in [1.165, 1.54) is 38.9 Å². The Morgan fingerprint density at radius 1 is 1.00 bits per heavy atom. The van der Waals surface area contributed by atoms with Crippen molar-refractivity contribution in [2.75, 3.05) is 0 Å². The molecule has 1 aromatic carbocycles. The Morgan fingerprint density at radius 3 is 2.45 bits per heavy atom. The Kier molecular flexibility index (Phi) is 3.09. The van der Waals surface area contributed by atoms with Gasteiger partial charge in [-0.05, 0) is 56.0 Å². The lowest BCUT2D eigenvalue weighted by molar-refractivity contribution is 0.795. The highest BCUT2D eigenvalue weighted by atomic mass is 15.0. The van der Waals surface area contributed by atoms with E-state index >= 15 is 0 Å². The number of hydrogen-bond donors (Lipinski definition) is 0. The molecule has 20 heavy (non-hydrogen) atoms. The summed E-state index contributed by atoms with van der Waals surface area (Å²) in [6, 6.07) is 8.58. The number of pyridine rings is 1. The highest BCUT2D eigenvalue weighted by molar-refractivity contribution is 5.90. The monoisotopic (exact) mass is 264 g/mol. The van der Waals surface area contributed by atoms with E-state index in [9.17, 15) is 0 Å². The van der Waals surface area contributed by atoms with Crippen LogP contribution in [0.3, 0.4) is 0 Å². The van der Waals surface area contributed by atoms with E-state index in [1.807, 2.05) is 18.5 Å². The van der Waals surface area contributed by atoms with Crippen LogP contribution in [-0.4, -0.2) is 9.55 Å². The van der Waals surface area contributed by atoms with E-state index in [0.717, 1.165) is 6.54 Å². The molecule has 0 saturated heterocycles. The van der Waals surface area contributed by atoms with E-state index in [4.69, 9.17) is 0 Å². The zero-order chi connectivity index (χ0) is 14.3. The van der Waals surface area contributed by atoms with Gasteiger partial charge in [0.15, 0.2) is 0 Å². The van der Waals surface area contributed by atoms with Crippen molar-refractivity contribution in [2.45, 2.75) is 34.2 Å². The second-order valence-electron chi connectivity index (χ2n) is 5.58. The Balaban J connectivity index is 2.25. The number of rotatable bonds is 2. The maximum absolute atomic E-state index is 4.22. The number of aryl methyl sites for hydroxylation is 3. The molecule has 0 fully saturated rings. The van der Waals surface area contributed by atoms with E-state index < -0.39 is 0 Å². The third-order valence-electron chi connectivity index (χ3n) is 4.24. The molecule has 0 N–H and O–H groups in total. The van der Waals surface area contributed by atoms with Crippen molar-refractivity contribution in [3.05, 3.63) is 64.6 Å². The predicted molar refractivity (Wildman–Crippen MR) is 84.2 cm³/mol. The molecular formula is C18H20N2. The molecule has 3 aromatic rings. The highest BCUT2D eigenvalue weighted by Gasteiger charge is 2.14. The summed E-state index contributed by atoms with van der Waals surface area (Å²) in [6.07, 6.45) is 3.77. The predicted octanol–water partition coefficient (Wildman–Crippen LogP) is 4.32. The molecule has 0 atom stereocenters. The molecule has 3 rings (SSSR count). The van der Waals surface area contributed by atoms with Gasteiger partial charge in [-0.25, -0.2) is 0 Å². The van der Waals surface area contributed by atoms with Crippen LogP contribution in [-0.2, 0) is 6.54 Å². The highest BCUT2D eigenvalue weighted by Crippen LogP contribution is 2.31. The average molecular weight is 264 g/mol. The van der Waals surface area contributed by atoms with E-state index in [-0.39, 0.29) is 0 Å². The molecule has 102 valence electrons. The van der Waals surface area contributed by atoms with Gasteiger partial charge in [0, 0.05) is 30.0 Å². The second kappa shape index (κ2) is 4.78. The molecule has 0 amide bonds. The Bertz CT molecular complexity index is 767. The summed E-state index contributed by atoms with van der Waals surface area (Å²) in [5, 5.41) is 1.41. The lowest BCUT2D eigenvalue weighted by Gasteiger charge is -2.10. The summed E-state index contributed by atoms with van der Waals surface area (Å²) in [5.74, 6) is 0. The molecule has 0 radical (unpaired) electrons. The van der Waals surface area contributed by atoms with Crippen LogP contribution >= 0.6 is 0 Å². The molecule has 0 saturated carbocycles. The molecule has 0 unspecified atom stereocenters. The van der Waals surface area contributed by atoms with Crippen LogP contribution in [0.15, 0.2) is 36.7 Å². The second-order valence-corrected chi connectivity index (χ2v) is 5.58. The minimum atomic E-state index is 0.883. The van der Waals surface area contributed by atoms with Gasteiger partial charge >= 0.3 is 0 Å². The fourth-order valence-corrected chi connectivity index (χ4v) is 3.04. The maximum Gasteiger partial charge on any atom is 0.0520 e. The van der Waals surface area contributed by atoms with Gasteiger partial charge in [-0.1, -0.05) is 18.2 Å². The van der Waals surface area contributed by atoms with Gasteiger partial charge in [0.1, 0.15) is 0 Å². The fraction of sp³-hybridized carbons (Fsp3) is 0.278. The van der Waals surface area contributed by atoms with Crippen LogP contribution in [0.25, 0.3) is 10.9 Å². The number of nitrogens with zero attached hydrogens (tertiary/aromatic N) is 2. The van der Waals surface area contributed by atoms with Crippen LogP contribution in [0.4, 0.5) is 0 Å². The first-order valence-corrected chi connectivity index (χ1v) is 7.04. The number of aromatic nitrogens is 2. The van der Waals surface area contributed by atoms with Gasteiger partial charge in [-0.15, -0.1) is 0 Å². The smallest absolute Gasteiger partial charge is 0.0520 e. The quantitative estimate of drug-likeness (QED) is 0.674. The van der Waals surface area contributed by atoms with Crippen LogP contribution in [0.2, 0.25) is 0 Å². The third kappa shape index (κ3) is 1.92. The van der Waals surface area contributed by atoms with E-state index in [2.05, 4.69) is 55.4 Å². The van der Waals surface area contributed by atoms with E-state index in [0.29, 0.717) is 0 Å². The molecule has 2 aromatic heterocycles. The van der Waals surface area contributed by atoms with E-state index in [1.54, 1.807) is 0 Å². The van der Waals surface area contributed by atoms with Crippen LogP contribution in [0, 0.1) is 27.7 Å². The fourth-order valence-electron chi connectivity index (χ4n) is 3.04. The molecule has 0 spiro atoms. The van der Waals surface area contributed by atoms with Crippen LogP contribution in [0.5, 0.6) is 0 Å². The summed E-state index contributed by atoms with van der Waals surface area (Å²) in [7, 11) is 0. The van der Waals surface area contributed by atoms with Gasteiger partial charge in [0.25, 0.3) is 0 Å².